The Morgan fingerprint density at radius 3 is 2.36 bits per heavy atom. The number of nitrogens with zero attached hydrogens (tertiary/aromatic N) is 1. The first-order valence-corrected chi connectivity index (χ1v) is 15.8. The summed E-state index contributed by atoms with van der Waals surface area (Å²) in [5.74, 6) is 2.43. The molecule has 0 aliphatic heterocycles. The van der Waals surface area contributed by atoms with E-state index in [9.17, 15) is 15.2 Å². The Morgan fingerprint density at radius 2 is 1.70 bits per heavy atom. The van der Waals surface area contributed by atoms with Gasteiger partial charge in [0.2, 0.25) is 0 Å². The number of aliphatic hydroxyl groups excluding tert-OH is 1. The van der Waals surface area contributed by atoms with E-state index in [1.54, 1.807) is 0 Å². The highest BCUT2D eigenvalue weighted by Crippen LogP contribution is 2.89. The normalized spacial score (nSPS) is 50.8. The van der Waals surface area contributed by atoms with Crippen LogP contribution in [-0.4, -0.2) is 22.3 Å². The van der Waals surface area contributed by atoms with Gasteiger partial charge in [0.05, 0.1) is 6.10 Å². The molecule has 0 bridgehead atoms. The largest absolute Gasteiger partial charge is 0.393 e. The van der Waals surface area contributed by atoms with Crippen molar-refractivity contribution in [1.82, 2.24) is 0 Å². The van der Waals surface area contributed by atoms with E-state index in [-0.39, 0.29) is 22.7 Å². The lowest BCUT2D eigenvalue weighted by Crippen LogP contribution is -2.57. The number of hydrogen-bond acceptors (Lipinski definition) is 3. The molecule has 0 saturated heterocycles. The second kappa shape index (κ2) is 7.61. The minimum Gasteiger partial charge on any atom is -0.393 e. The van der Waals surface area contributed by atoms with Crippen LogP contribution >= 0.6 is 16.8 Å². The topological polar surface area (TPSA) is 61.1 Å². The van der Waals surface area contributed by atoms with Gasteiger partial charge >= 0.3 is 0 Å². The molecule has 5 aliphatic carbocycles. The number of hydrogen-bond donors (Lipinski definition) is 1. The Labute approximate surface area is 204 Å². The standard InChI is InChI=1S/C28H43NO2P2/c1-17(14-19(30)20(15-29)33-32)18-8-10-26(5)22-7-6-21-24(2,3)23(31)9-11-27(21)16-28(22,27)13-12-25(18,26)4/h17-18,21-23,31H,6-14,16,32H2,1-5H3/t17-,18-,21+,22+,23+,25-,26+,27-,28+/m1/s1. The molecule has 0 aromatic rings. The number of nitriles is 1. The maximum absolute atomic E-state index is 12.7. The fourth-order valence-electron chi connectivity index (χ4n) is 11.0. The summed E-state index contributed by atoms with van der Waals surface area (Å²) in [6, 6.07) is 2.12. The SMILES string of the molecule is C[C@H](CC(=O)C(C#N)=PP)[C@H]1CC[C@@]2(C)[C@@H]3CC[C@H]4C(C)(C)[C@@H](O)CC[C@@]45C[C@@]35CC[C@]12C. The van der Waals surface area contributed by atoms with Crippen molar-refractivity contribution >= 4 is 27.9 Å². The maximum Gasteiger partial charge on any atom is 0.178 e. The average Bonchev–Trinajstić information content (AvgIpc) is 3.34. The Balaban J connectivity index is 1.41. The quantitative estimate of drug-likeness (QED) is 0.443. The van der Waals surface area contributed by atoms with Crippen LogP contribution < -0.4 is 0 Å². The van der Waals surface area contributed by atoms with E-state index < -0.39 is 0 Å². The molecule has 5 aliphatic rings. The molecule has 5 fully saturated rings. The van der Waals surface area contributed by atoms with E-state index in [0.717, 1.165) is 20.2 Å². The first-order valence-electron chi connectivity index (χ1n) is 13.3. The van der Waals surface area contributed by atoms with E-state index in [1.165, 1.54) is 51.4 Å². The number of ketones is 1. The monoisotopic (exact) mass is 487 g/mol. The summed E-state index contributed by atoms with van der Waals surface area (Å²) in [4.78, 5) is 12.7. The average molecular weight is 488 g/mol. The van der Waals surface area contributed by atoms with Crippen molar-refractivity contribution in [3.05, 3.63) is 0 Å². The van der Waals surface area contributed by atoms with Gasteiger partial charge in [0, 0.05) is 6.42 Å². The molecule has 1 N–H and O–H groups in total. The van der Waals surface area contributed by atoms with Gasteiger partial charge in [0.1, 0.15) is 11.4 Å². The molecule has 33 heavy (non-hydrogen) atoms. The highest BCUT2D eigenvalue weighted by atomic mass is 32.0. The van der Waals surface area contributed by atoms with Crippen LogP contribution in [0, 0.1) is 62.1 Å². The van der Waals surface area contributed by atoms with Gasteiger partial charge < -0.3 is 5.11 Å². The Kier molecular flexibility index (Phi) is 5.63. The molecular formula is C28H43NO2P2. The number of aliphatic hydroxyl groups is 1. The molecule has 0 heterocycles. The molecule has 5 heteroatoms. The summed E-state index contributed by atoms with van der Waals surface area (Å²) >= 11 is 0. The molecule has 3 nitrogen and oxygen atoms in total. The van der Waals surface area contributed by atoms with Crippen molar-refractivity contribution in [3.8, 4) is 6.07 Å². The van der Waals surface area contributed by atoms with E-state index in [0.29, 0.717) is 45.7 Å². The number of Topliss-reactive ketones (excluding diaryl/α,β-unsaturated/α-hetero) is 1. The number of carbonyl (C=O) groups excluding carboxylic acids is 1. The molecule has 2 spiro atoms. The lowest BCUT2D eigenvalue weighted by Gasteiger charge is -2.63. The zero-order valence-corrected chi connectivity index (χ0v) is 23.3. The lowest BCUT2D eigenvalue weighted by molar-refractivity contribution is -0.161. The highest BCUT2D eigenvalue weighted by Gasteiger charge is 2.82. The van der Waals surface area contributed by atoms with Crippen LogP contribution in [0.5, 0.6) is 0 Å². The molecule has 5 rings (SSSR count). The zero-order valence-electron chi connectivity index (χ0n) is 21.3. The minimum atomic E-state index is -0.142. The molecule has 0 amide bonds. The highest BCUT2D eigenvalue weighted by molar-refractivity contribution is 8.03. The van der Waals surface area contributed by atoms with Crippen LogP contribution in [0.4, 0.5) is 0 Å². The van der Waals surface area contributed by atoms with Gasteiger partial charge in [0.25, 0.3) is 0 Å². The van der Waals surface area contributed by atoms with Gasteiger partial charge in [-0.05, 0) is 109 Å². The van der Waals surface area contributed by atoms with Crippen molar-refractivity contribution in [2.24, 2.45) is 50.7 Å². The van der Waals surface area contributed by atoms with Crippen LogP contribution in [0.3, 0.4) is 0 Å². The van der Waals surface area contributed by atoms with Crippen molar-refractivity contribution in [2.75, 3.05) is 0 Å². The van der Waals surface area contributed by atoms with E-state index in [1.807, 2.05) is 0 Å². The number of fused-ring (bicyclic) bond motifs is 2. The van der Waals surface area contributed by atoms with Gasteiger partial charge in [-0.3, -0.25) is 4.79 Å². The summed E-state index contributed by atoms with van der Waals surface area (Å²) in [6.07, 6.45) is 11.8. The molecule has 0 aromatic carbocycles. The predicted molar refractivity (Wildman–Crippen MR) is 139 cm³/mol. The van der Waals surface area contributed by atoms with Crippen LogP contribution in [0.15, 0.2) is 0 Å². The van der Waals surface area contributed by atoms with Crippen molar-refractivity contribution < 1.29 is 9.90 Å². The molecule has 1 unspecified atom stereocenters. The third kappa shape index (κ3) is 2.93. The molecule has 0 aromatic heterocycles. The van der Waals surface area contributed by atoms with Crippen molar-refractivity contribution in [2.45, 2.75) is 105 Å². The van der Waals surface area contributed by atoms with Gasteiger partial charge in [0.15, 0.2) is 5.78 Å². The minimum absolute atomic E-state index is 0.0489. The van der Waals surface area contributed by atoms with Crippen LogP contribution in [0.1, 0.15) is 98.8 Å². The third-order valence-electron chi connectivity index (χ3n) is 12.8. The van der Waals surface area contributed by atoms with E-state index in [4.69, 9.17) is 0 Å². The molecule has 5 saturated carbocycles. The number of rotatable bonds is 4. The fraction of sp³-hybridized carbons (Fsp3) is 0.893. The van der Waals surface area contributed by atoms with Crippen LogP contribution in [0.2, 0.25) is 0 Å². The van der Waals surface area contributed by atoms with E-state index >= 15 is 0 Å². The van der Waals surface area contributed by atoms with Crippen molar-refractivity contribution in [1.29, 1.82) is 5.26 Å². The Morgan fingerprint density at radius 1 is 1.03 bits per heavy atom. The van der Waals surface area contributed by atoms with Crippen LogP contribution in [0.25, 0.3) is 0 Å². The smallest absolute Gasteiger partial charge is 0.178 e. The van der Waals surface area contributed by atoms with E-state index in [2.05, 4.69) is 49.6 Å². The van der Waals surface area contributed by atoms with Gasteiger partial charge in [-0.25, -0.2) is 0 Å². The molecule has 10 atom stereocenters. The fourth-order valence-corrected chi connectivity index (χ4v) is 11.9. The Hall–Kier alpha value is -0.280. The molecular weight excluding hydrogens is 444 g/mol. The van der Waals surface area contributed by atoms with Crippen molar-refractivity contribution in [3.63, 3.8) is 0 Å². The zero-order chi connectivity index (χ0) is 24.0. The first kappa shape index (κ1) is 24.4. The summed E-state index contributed by atoms with van der Waals surface area (Å²) < 4.78 is 0. The molecule has 0 radical (unpaired) electrons. The maximum atomic E-state index is 12.7. The summed E-state index contributed by atoms with van der Waals surface area (Å²) in [5, 5.41) is 20.5. The van der Waals surface area contributed by atoms with Crippen LogP contribution in [-0.2, 0) is 4.79 Å². The third-order valence-corrected chi connectivity index (χ3v) is 14.2. The summed E-state index contributed by atoms with van der Waals surface area (Å²) in [7, 11) is 3.23. The first-order chi connectivity index (χ1) is 15.4. The van der Waals surface area contributed by atoms with Gasteiger partial charge in [-0.2, -0.15) is 5.26 Å². The Bertz CT molecular complexity index is 939. The van der Waals surface area contributed by atoms with Gasteiger partial charge in [-0.15, -0.1) is 0 Å². The second-order valence-electron chi connectivity index (χ2n) is 13.7. The lowest BCUT2D eigenvalue weighted by atomic mass is 9.41. The molecule has 182 valence electrons. The number of carbonyl (C=O) groups is 1. The summed E-state index contributed by atoms with van der Waals surface area (Å²) in [5.41, 5.74) is 1.68. The predicted octanol–water partition coefficient (Wildman–Crippen LogP) is 6.81. The van der Waals surface area contributed by atoms with Gasteiger partial charge in [-0.1, -0.05) is 51.4 Å². The second-order valence-corrected chi connectivity index (χ2v) is 15.2. The summed E-state index contributed by atoms with van der Waals surface area (Å²) in [6.45, 7) is 12.2.